The zero-order valence-corrected chi connectivity index (χ0v) is 11.9. The van der Waals surface area contributed by atoms with Crippen molar-refractivity contribution >= 4 is 23.2 Å². The third kappa shape index (κ3) is 3.12. The van der Waals surface area contributed by atoms with Crippen LogP contribution in [-0.4, -0.2) is 28.0 Å². The first-order valence-corrected chi connectivity index (χ1v) is 7.36. The second-order valence-electron chi connectivity index (χ2n) is 5.18. The molecule has 0 unspecified atom stereocenters. The average molecular weight is 282 g/mol. The maximum Gasteiger partial charge on any atom is 0.308 e. The van der Waals surface area contributed by atoms with Gasteiger partial charge in [0.25, 0.3) is 5.91 Å². The smallest absolute Gasteiger partial charge is 0.308 e. The molecule has 0 radical (unpaired) electrons. The van der Waals surface area contributed by atoms with Crippen molar-refractivity contribution in [3.63, 3.8) is 0 Å². The molecule has 1 aromatic rings. The summed E-state index contributed by atoms with van der Waals surface area (Å²) in [7, 11) is 0. The van der Waals surface area contributed by atoms with E-state index in [9.17, 15) is 9.59 Å². The SMILES string of the molecule is CC(C)c1nc(C(=O)N[C@@H]2CCC[C@@H]2C(=O)O)cs1. The van der Waals surface area contributed by atoms with E-state index in [1.807, 2.05) is 13.8 Å². The van der Waals surface area contributed by atoms with Gasteiger partial charge in [-0.25, -0.2) is 4.98 Å². The average Bonchev–Trinajstić information content (AvgIpc) is 2.96. The molecule has 2 N–H and O–H groups in total. The maximum absolute atomic E-state index is 12.0. The quantitative estimate of drug-likeness (QED) is 0.887. The summed E-state index contributed by atoms with van der Waals surface area (Å²) >= 11 is 1.46. The van der Waals surface area contributed by atoms with E-state index in [4.69, 9.17) is 5.11 Å². The van der Waals surface area contributed by atoms with Crippen LogP contribution in [0.15, 0.2) is 5.38 Å². The van der Waals surface area contributed by atoms with Gasteiger partial charge in [-0.3, -0.25) is 9.59 Å². The number of amides is 1. The molecule has 1 aliphatic rings. The molecule has 2 atom stereocenters. The van der Waals surface area contributed by atoms with E-state index < -0.39 is 11.9 Å². The fourth-order valence-electron chi connectivity index (χ4n) is 2.33. The molecule has 5 nitrogen and oxygen atoms in total. The summed E-state index contributed by atoms with van der Waals surface area (Å²) in [4.78, 5) is 27.4. The van der Waals surface area contributed by atoms with Crippen LogP contribution in [0.2, 0.25) is 0 Å². The number of rotatable bonds is 4. The number of carboxylic acids is 1. The Hall–Kier alpha value is -1.43. The predicted molar refractivity (Wildman–Crippen MR) is 72.4 cm³/mol. The first-order valence-electron chi connectivity index (χ1n) is 6.48. The molecule has 1 saturated carbocycles. The lowest BCUT2D eigenvalue weighted by atomic mass is 10.0. The van der Waals surface area contributed by atoms with E-state index >= 15 is 0 Å². The van der Waals surface area contributed by atoms with Crippen molar-refractivity contribution in [1.29, 1.82) is 0 Å². The molecule has 1 amide bonds. The Morgan fingerprint density at radius 1 is 1.47 bits per heavy atom. The van der Waals surface area contributed by atoms with Gasteiger partial charge in [0.05, 0.1) is 10.9 Å². The minimum atomic E-state index is -0.830. The first kappa shape index (κ1) is 14.0. The summed E-state index contributed by atoms with van der Waals surface area (Å²) < 4.78 is 0. The number of hydrogen-bond acceptors (Lipinski definition) is 4. The van der Waals surface area contributed by atoms with Crippen molar-refractivity contribution in [1.82, 2.24) is 10.3 Å². The van der Waals surface area contributed by atoms with Gasteiger partial charge in [-0.2, -0.15) is 0 Å². The van der Waals surface area contributed by atoms with Gasteiger partial charge in [0.2, 0.25) is 0 Å². The number of nitrogens with one attached hydrogen (secondary N) is 1. The molecule has 1 aliphatic carbocycles. The Labute approximate surface area is 116 Å². The van der Waals surface area contributed by atoms with Crippen molar-refractivity contribution in [3.8, 4) is 0 Å². The Balaban J connectivity index is 2.02. The van der Waals surface area contributed by atoms with Crippen LogP contribution in [0.25, 0.3) is 0 Å². The zero-order chi connectivity index (χ0) is 14.0. The van der Waals surface area contributed by atoms with Gasteiger partial charge in [0, 0.05) is 17.3 Å². The third-order valence-electron chi connectivity index (χ3n) is 3.40. The van der Waals surface area contributed by atoms with Gasteiger partial charge >= 0.3 is 5.97 Å². The standard InChI is InChI=1S/C13H18N2O3S/c1-7(2)12-15-10(6-19-12)11(16)14-9-5-3-4-8(9)13(17)18/h6-9H,3-5H2,1-2H3,(H,14,16)(H,17,18)/t8-,9+/m0/s1. The summed E-state index contributed by atoms with van der Waals surface area (Å²) in [5.74, 6) is -1.26. The van der Waals surface area contributed by atoms with E-state index in [2.05, 4.69) is 10.3 Å². The van der Waals surface area contributed by atoms with Crippen molar-refractivity contribution < 1.29 is 14.7 Å². The van der Waals surface area contributed by atoms with Crippen LogP contribution in [0.4, 0.5) is 0 Å². The van der Waals surface area contributed by atoms with Crippen LogP contribution in [-0.2, 0) is 4.79 Å². The summed E-state index contributed by atoms with van der Waals surface area (Å²) in [6.07, 6.45) is 2.20. The number of aromatic nitrogens is 1. The lowest BCUT2D eigenvalue weighted by Crippen LogP contribution is -2.40. The highest BCUT2D eigenvalue weighted by molar-refractivity contribution is 7.09. The van der Waals surface area contributed by atoms with E-state index in [0.717, 1.165) is 17.8 Å². The van der Waals surface area contributed by atoms with Crippen LogP contribution in [0.3, 0.4) is 0 Å². The Bertz CT molecular complexity index is 484. The Morgan fingerprint density at radius 3 is 2.79 bits per heavy atom. The zero-order valence-electron chi connectivity index (χ0n) is 11.0. The largest absolute Gasteiger partial charge is 0.481 e. The molecular formula is C13H18N2O3S. The van der Waals surface area contributed by atoms with Gasteiger partial charge in [0.1, 0.15) is 5.69 Å². The minimum Gasteiger partial charge on any atom is -0.481 e. The first-order chi connectivity index (χ1) is 8.99. The van der Waals surface area contributed by atoms with E-state index in [-0.39, 0.29) is 11.9 Å². The molecular weight excluding hydrogens is 264 g/mol. The minimum absolute atomic E-state index is 0.263. The number of carbonyl (C=O) groups is 2. The number of aliphatic carboxylic acids is 1. The molecule has 0 bridgehead atoms. The molecule has 2 rings (SSSR count). The van der Waals surface area contributed by atoms with Gasteiger partial charge in [-0.15, -0.1) is 11.3 Å². The molecule has 0 saturated heterocycles. The maximum atomic E-state index is 12.0. The fraction of sp³-hybridized carbons (Fsp3) is 0.615. The van der Waals surface area contributed by atoms with E-state index in [1.165, 1.54) is 11.3 Å². The number of carbonyl (C=O) groups excluding carboxylic acids is 1. The van der Waals surface area contributed by atoms with Gasteiger partial charge < -0.3 is 10.4 Å². The van der Waals surface area contributed by atoms with E-state index in [0.29, 0.717) is 18.0 Å². The summed E-state index contributed by atoms with van der Waals surface area (Å²) in [5, 5.41) is 14.5. The third-order valence-corrected chi connectivity index (χ3v) is 4.54. The highest BCUT2D eigenvalue weighted by Crippen LogP contribution is 2.26. The highest BCUT2D eigenvalue weighted by Gasteiger charge is 2.34. The number of carboxylic acid groups (broad SMARTS) is 1. The lowest BCUT2D eigenvalue weighted by molar-refractivity contribution is -0.142. The Kier molecular flexibility index (Phi) is 4.19. The van der Waals surface area contributed by atoms with Crippen LogP contribution in [0.5, 0.6) is 0 Å². The van der Waals surface area contributed by atoms with Gasteiger partial charge in [0.15, 0.2) is 0 Å². The van der Waals surface area contributed by atoms with Gasteiger partial charge in [-0.1, -0.05) is 20.3 Å². The molecule has 1 aromatic heterocycles. The van der Waals surface area contributed by atoms with Crippen molar-refractivity contribution in [2.75, 3.05) is 0 Å². The normalized spacial score (nSPS) is 22.7. The Morgan fingerprint density at radius 2 is 2.21 bits per heavy atom. The van der Waals surface area contributed by atoms with Crippen LogP contribution < -0.4 is 5.32 Å². The van der Waals surface area contributed by atoms with Crippen LogP contribution in [0, 0.1) is 5.92 Å². The molecule has 1 fully saturated rings. The van der Waals surface area contributed by atoms with Gasteiger partial charge in [-0.05, 0) is 12.8 Å². The fourth-order valence-corrected chi connectivity index (χ4v) is 3.14. The second-order valence-corrected chi connectivity index (χ2v) is 6.07. The second kappa shape index (κ2) is 5.69. The van der Waals surface area contributed by atoms with Crippen LogP contribution in [0.1, 0.15) is 54.5 Å². The number of hydrogen-bond donors (Lipinski definition) is 2. The molecule has 1 heterocycles. The van der Waals surface area contributed by atoms with Crippen molar-refractivity contribution in [2.24, 2.45) is 5.92 Å². The number of nitrogens with zero attached hydrogens (tertiary/aromatic N) is 1. The topological polar surface area (TPSA) is 79.3 Å². The molecule has 0 aromatic carbocycles. The van der Waals surface area contributed by atoms with Crippen molar-refractivity contribution in [2.45, 2.75) is 45.1 Å². The molecule has 6 heteroatoms. The van der Waals surface area contributed by atoms with E-state index in [1.54, 1.807) is 5.38 Å². The molecule has 19 heavy (non-hydrogen) atoms. The molecule has 0 spiro atoms. The summed E-state index contributed by atoms with van der Waals surface area (Å²) in [6.45, 7) is 4.05. The summed E-state index contributed by atoms with van der Waals surface area (Å²) in [6, 6.07) is -0.269. The van der Waals surface area contributed by atoms with Crippen molar-refractivity contribution in [3.05, 3.63) is 16.1 Å². The number of thiazole rings is 1. The lowest BCUT2D eigenvalue weighted by Gasteiger charge is -2.16. The highest BCUT2D eigenvalue weighted by atomic mass is 32.1. The predicted octanol–water partition coefficient (Wildman–Crippen LogP) is 2.25. The molecule has 104 valence electrons. The van der Waals surface area contributed by atoms with Crippen LogP contribution >= 0.6 is 11.3 Å². The summed E-state index contributed by atoms with van der Waals surface area (Å²) in [5.41, 5.74) is 0.393. The molecule has 0 aliphatic heterocycles. The monoisotopic (exact) mass is 282 g/mol.